The van der Waals surface area contributed by atoms with Crippen molar-refractivity contribution in [3.8, 4) is 5.75 Å². The fourth-order valence-electron chi connectivity index (χ4n) is 1.96. The number of ether oxygens (including phenoxy) is 3. The van der Waals surface area contributed by atoms with Gasteiger partial charge in [-0.3, -0.25) is 0 Å². The topological polar surface area (TPSA) is 70.8 Å². The summed E-state index contributed by atoms with van der Waals surface area (Å²) in [5.74, 6) is 0.130. The van der Waals surface area contributed by atoms with Crippen LogP contribution in [0.5, 0.6) is 5.75 Å². The molecule has 0 spiro atoms. The number of rotatable bonds is 5. The number of esters is 1. The minimum Gasteiger partial charge on any atom is -0.489 e. The third kappa shape index (κ3) is 3.61. The van der Waals surface area contributed by atoms with E-state index in [1.165, 1.54) is 0 Å². The van der Waals surface area contributed by atoms with E-state index in [-0.39, 0.29) is 12.1 Å². The Balaban J connectivity index is 2.01. The largest absolute Gasteiger partial charge is 0.489 e. The van der Waals surface area contributed by atoms with E-state index in [0.29, 0.717) is 30.2 Å². The lowest BCUT2D eigenvalue weighted by molar-refractivity contribution is 0.0525. The minimum atomic E-state index is -0.371. The summed E-state index contributed by atoms with van der Waals surface area (Å²) in [6.07, 6.45) is 2.18. The molecule has 1 saturated heterocycles. The Morgan fingerprint density at radius 3 is 3.05 bits per heavy atom. The fraction of sp³-hybridized carbons (Fsp3) is 0.500. The highest BCUT2D eigenvalue weighted by molar-refractivity contribution is 5.90. The van der Waals surface area contributed by atoms with Crippen molar-refractivity contribution in [1.82, 2.24) is 0 Å². The summed E-state index contributed by atoms with van der Waals surface area (Å²) in [4.78, 5) is 11.6. The minimum absolute atomic E-state index is 0.116. The second-order valence-electron chi connectivity index (χ2n) is 4.42. The third-order valence-electron chi connectivity index (χ3n) is 2.97. The van der Waals surface area contributed by atoms with E-state index >= 15 is 0 Å². The highest BCUT2D eigenvalue weighted by Crippen LogP contribution is 2.24. The van der Waals surface area contributed by atoms with E-state index in [4.69, 9.17) is 19.9 Å². The summed E-state index contributed by atoms with van der Waals surface area (Å²) >= 11 is 0. The van der Waals surface area contributed by atoms with Crippen molar-refractivity contribution < 1.29 is 19.0 Å². The van der Waals surface area contributed by atoms with E-state index < -0.39 is 0 Å². The van der Waals surface area contributed by atoms with Crippen LogP contribution >= 0.6 is 0 Å². The van der Waals surface area contributed by atoms with Crippen LogP contribution in [0.4, 0.5) is 5.69 Å². The molecule has 1 aliphatic heterocycles. The number of benzene rings is 1. The molecule has 5 nitrogen and oxygen atoms in total. The van der Waals surface area contributed by atoms with Crippen LogP contribution in [0.15, 0.2) is 18.2 Å². The lowest BCUT2D eigenvalue weighted by Crippen LogP contribution is -2.17. The standard InChI is InChI=1S/C14H19NO4/c1-2-17-14(16)10-5-6-12(15)13(8-10)19-9-11-4-3-7-18-11/h5-6,8,11H,2-4,7,9,15H2,1H3. The molecule has 1 aromatic rings. The van der Waals surface area contributed by atoms with Crippen LogP contribution in [-0.4, -0.2) is 31.9 Å². The van der Waals surface area contributed by atoms with Crippen LogP contribution < -0.4 is 10.5 Å². The zero-order valence-electron chi connectivity index (χ0n) is 11.1. The van der Waals surface area contributed by atoms with E-state index in [1.54, 1.807) is 25.1 Å². The molecule has 5 heteroatoms. The zero-order chi connectivity index (χ0) is 13.7. The van der Waals surface area contributed by atoms with Crippen LogP contribution in [0.1, 0.15) is 30.1 Å². The second-order valence-corrected chi connectivity index (χ2v) is 4.42. The predicted octanol–water partition coefficient (Wildman–Crippen LogP) is 2.00. The Labute approximate surface area is 112 Å². The summed E-state index contributed by atoms with van der Waals surface area (Å²) in [7, 11) is 0. The molecule has 1 aliphatic rings. The molecule has 1 atom stereocenters. The van der Waals surface area contributed by atoms with E-state index in [2.05, 4.69) is 0 Å². The normalized spacial score (nSPS) is 18.3. The van der Waals surface area contributed by atoms with Crippen LogP contribution in [0.2, 0.25) is 0 Å². The van der Waals surface area contributed by atoms with Crippen molar-refractivity contribution in [2.24, 2.45) is 0 Å². The number of carbonyl (C=O) groups is 1. The molecule has 0 amide bonds. The molecule has 2 N–H and O–H groups in total. The van der Waals surface area contributed by atoms with Gasteiger partial charge in [0.2, 0.25) is 0 Å². The first-order valence-electron chi connectivity index (χ1n) is 6.51. The lowest BCUT2D eigenvalue weighted by Gasteiger charge is -2.13. The molecule has 19 heavy (non-hydrogen) atoms. The first-order valence-corrected chi connectivity index (χ1v) is 6.51. The molecule has 1 fully saturated rings. The molecular formula is C14H19NO4. The summed E-state index contributed by atoms with van der Waals surface area (Å²) in [5, 5.41) is 0. The maximum atomic E-state index is 11.6. The second kappa shape index (κ2) is 6.43. The average Bonchev–Trinajstić information content (AvgIpc) is 2.91. The lowest BCUT2D eigenvalue weighted by atomic mass is 10.2. The smallest absolute Gasteiger partial charge is 0.338 e. The number of carbonyl (C=O) groups excluding carboxylic acids is 1. The van der Waals surface area contributed by atoms with Crippen LogP contribution in [0.3, 0.4) is 0 Å². The molecular weight excluding hydrogens is 246 g/mol. The Morgan fingerprint density at radius 2 is 2.37 bits per heavy atom. The van der Waals surface area contributed by atoms with Gasteiger partial charge in [-0.2, -0.15) is 0 Å². The summed E-state index contributed by atoms with van der Waals surface area (Å²) in [6, 6.07) is 4.89. The average molecular weight is 265 g/mol. The highest BCUT2D eigenvalue weighted by atomic mass is 16.5. The Morgan fingerprint density at radius 1 is 1.53 bits per heavy atom. The number of anilines is 1. The molecule has 1 aromatic carbocycles. The monoisotopic (exact) mass is 265 g/mol. The maximum absolute atomic E-state index is 11.6. The van der Waals surface area contributed by atoms with Gasteiger partial charge in [-0.1, -0.05) is 0 Å². The molecule has 2 rings (SSSR count). The number of nitrogens with two attached hydrogens (primary N) is 1. The van der Waals surface area contributed by atoms with E-state index in [9.17, 15) is 4.79 Å². The predicted molar refractivity (Wildman–Crippen MR) is 71.3 cm³/mol. The number of hydrogen-bond acceptors (Lipinski definition) is 5. The van der Waals surface area contributed by atoms with E-state index in [0.717, 1.165) is 19.4 Å². The Kier molecular flexibility index (Phi) is 4.63. The Hall–Kier alpha value is -1.75. The molecule has 0 aromatic heterocycles. The first-order chi connectivity index (χ1) is 9.20. The molecule has 1 unspecified atom stereocenters. The first kappa shape index (κ1) is 13.7. The van der Waals surface area contributed by atoms with Crippen LogP contribution in [0, 0.1) is 0 Å². The van der Waals surface area contributed by atoms with Gasteiger partial charge in [-0.05, 0) is 38.0 Å². The number of hydrogen-bond donors (Lipinski definition) is 1. The van der Waals surface area contributed by atoms with Gasteiger partial charge < -0.3 is 19.9 Å². The number of nitrogen functional groups attached to an aromatic ring is 1. The van der Waals surface area contributed by atoms with Crippen molar-refractivity contribution in [3.05, 3.63) is 23.8 Å². The van der Waals surface area contributed by atoms with Crippen molar-refractivity contribution in [1.29, 1.82) is 0 Å². The van der Waals surface area contributed by atoms with Crippen LogP contribution in [0.25, 0.3) is 0 Å². The van der Waals surface area contributed by atoms with Gasteiger partial charge in [-0.25, -0.2) is 4.79 Å². The molecule has 0 bridgehead atoms. The van der Waals surface area contributed by atoms with Gasteiger partial charge in [0, 0.05) is 6.61 Å². The van der Waals surface area contributed by atoms with Gasteiger partial charge in [0.15, 0.2) is 0 Å². The van der Waals surface area contributed by atoms with Crippen molar-refractivity contribution in [2.75, 3.05) is 25.6 Å². The quantitative estimate of drug-likeness (QED) is 0.651. The third-order valence-corrected chi connectivity index (χ3v) is 2.97. The fourth-order valence-corrected chi connectivity index (χ4v) is 1.96. The van der Waals surface area contributed by atoms with Crippen molar-refractivity contribution >= 4 is 11.7 Å². The molecule has 0 aliphatic carbocycles. The molecule has 0 saturated carbocycles. The SMILES string of the molecule is CCOC(=O)c1ccc(N)c(OCC2CCCO2)c1. The van der Waals surface area contributed by atoms with Gasteiger partial charge in [0.05, 0.1) is 24.0 Å². The Bertz CT molecular complexity index is 441. The maximum Gasteiger partial charge on any atom is 0.338 e. The molecule has 104 valence electrons. The molecule has 0 radical (unpaired) electrons. The van der Waals surface area contributed by atoms with Gasteiger partial charge in [0.1, 0.15) is 12.4 Å². The molecule has 1 heterocycles. The highest BCUT2D eigenvalue weighted by Gasteiger charge is 2.17. The summed E-state index contributed by atoms with van der Waals surface area (Å²) in [5.41, 5.74) is 6.78. The summed E-state index contributed by atoms with van der Waals surface area (Å²) in [6.45, 7) is 3.35. The summed E-state index contributed by atoms with van der Waals surface area (Å²) < 4.78 is 16.0. The van der Waals surface area contributed by atoms with Gasteiger partial charge in [-0.15, -0.1) is 0 Å². The van der Waals surface area contributed by atoms with Gasteiger partial charge in [0.25, 0.3) is 0 Å². The van der Waals surface area contributed by atoms with Crippen LogP contribution in [-0.2, 0) is 9.47 Å². The van der Waals surface area contributed by atoms with E-state index in [1.807, 2.05) is 0 Å². The van der Waals surface area contributed by atoms with Gasteiger partial charge >= 0.3 is 5.97 Å². The zero-order valence-corrected chi connectivity index (χ0v) is 11.1. The van der Waals surface area contributed by atoms with Crippen molar-refractivity contribution in [2.45, 2.75) is 25.9 Å². The van der Waals surface area contributed by atoms with Crippen molar-refractivity contribution in [3.63, 3.8) is 0 Å².